The predicted molar refractivity (Wildman–Crippen MR) is 124 cm³/mol. The zero-order valence-corrected chi connectivity index (χ0v) is 18.1. The summed E-state index contributed by atoms with van der Waals surface area (Å²) >= 11 is 5.90. The summed E-state index contributed by atoms with van der Waals surface area (Å²) in [4.78, 5) is 23.0. The second-order valence-corrected chi connectivity index (χ2v) is 7.18. The summed E-state index contributed by atoms with van der Waals surface area (Å²) in [5, 5.41) is 7.30. The summed E-state index contributed by atoms with van der Waals surface area (Å²) in [6.07, 6.45) is 1.51. The summed E-state index contributed by atoms with van der Waals surface area (Å²) < 4.78 is 11.3. The number of hydrogen-bond acceptors (Lipinski definition) is 5. The molecule has 0 atom stereocenters. The smallest absolute Gasteiger partial charge is 0.277 e. The van der Waals surface area contributed by atoms with E-state index in [1.165, 1.54) is 13.1 Å². The van der Waals surface area contributed by atoms with Gasteiger partial charge in [0.05, 0.1) is 6.21 Å². The first-order valence-corrected chi connectivity index (χ1v) is 10.2. The fourth-order valence-electron chi connectivity index (χ4n) is 2.65. The van der Waals surface area contributed by atoms with Crippen molar-refractivity contribution in [1.29, 1.82) is 0 Å². The van der Waals surface area contributed by atoms with Crippen LogP contribution in [-0.2, 0) is 16.2 Å². The molecule has 8 heteroatoms. The van der Waals surface area contributed by atoms with Crippen LogP contribution in [0.5, 0.6) is 11.5 Å². The maximum absolute atomic E-state index is 12.0. The van der Waals surface area contributed by atoms with Gasteiger partial charge in [0.2, 0.25) is 5.91 Å². The number of anilines is 1. The molecule has 0 aliphatic rings. The highest BCUT2D eigenvalue weighted by Crippen LogP contribution is 2.19. The highest BCUT2D eigenvalue weighted by atomic mass is 35.5. The molecule has 0 bridgehead atoms. The third kappa shape index (κ3) is 7.45. The molecule has 0 radical (unpaired) electrons. The molecule has 0 saturated heterocycles. The maximum atomic E-state index is 12.0. The molecule has 2 amide bonds. The molecule has 32 heavy (non-hydrogen) atoms. The number of benzene rings is 3. The Morgan fingerprint density at radius 1 is 0.969 bits per heavy atom. The molecular weight excluding hydrogens is 430 g/mol. The fraction of sp³-hybridized carbons (Fsp3) is 0.125. The lowest BCUT2D eigenvalue weighted by molar-refractivity contribution is -0.123. The number of nitrogens with one attached hydrogen (secondary N) is 2. The molecule has 0 unspecified atom stereocenters. The van der Waals surface area contributed by atoms with Crippen molar-refractivity contribution in [2.24, 2.45) is 5.10 Å². The molecule has 0 fully saturated rings. The largest absolute Gasteiger partial charge is 0.488 e. The first kappa shape index (κ1) is 22.8. The van der Waals surface area contributed by atoms with E-state index in [2.05, 4.69) is 15.8 Å². The van der Waals surface area contributed by atoms with Gasteiger partial charge in [0.25, 0.3) is 5.91 Å². The molecule has 0 aromatic heterocycles. The van der Waals surface area contributed by atoms with Gasteiger partial charge < -0.3 is 14.8 Å². The summed E-state index contributed by atoms with van der Waals surface area (Å²) in [6.45, 7) is 1.61. The second-order valence-electron chi connectivity index (χ2n) is 6.74. The number of halogens is 1. The van der Waals surface area contributed by atoms with Crippen LogP contribution in [0.1, 0.15) is 18.1 Å². The average molecular weight is 452 g/mol. The topological polar surface area (TPSA) is 89.0 Å². The Morgan fingerprint density at radius 2 is 1.69 bits per heavy atom. The Bertz CT molecular complexity index is 1080. The number of nitrogens with zero attached hydrogens (tertiary/aromatic N) is 1. The minimum Gasteiger partial charge on any atom is -0.488 e. The van der Waals surface area contributed by atoms with Gasteiger partial charge in [0.1, 0.15) is 18.1 Å². The number of ether oxygens (including phenoxy) is 2. The minimum atomic E-state index is -0.410. The van der Waals surface area contributed by atoms with Gasteiger partial charge in [-0.1, -0.05) is 35.9 Å². The van der Waals surface area contributed by atoms with Gasteiger partial charge in [0, 0.05) is 23.2 Å². The van der Waals surface area contributed by atoms with E-state index in [0.29, 0.717) is 28.8 Å². The summed E-state index contributed by atoms with van der Waals surface area (Å²) in [6, 6.07) is 21.5. The average Bonchev–Trinajstić information content (AvgIpc) is 2.79. The summed E-state index contributed by atoms with van der Waals surface area (Å²) in [5.41, 5.74) is 4.78. The van der Waals surface area contributed by atoms with Crippen molar-refractivity contribution in [2.45, 2.75) is 13.5 Å². The molecule has 0 spiro atoms. The normalized spacial score (nSPS) is 10.6. The van der Waals surface area contributed by atoms with Crippen LogP contribution in [0.25, 0.3) is 0 Å². The third-order valence-electron chi connectivity index (χ3n) is 4.16. The van der Waals surface area contributed by atoms with Gasteiger partial charge in [-0.2, -0.15) is 5.10 Å². The van der Waals surface area contributed by atoms with Crippen molar-refractivity contribution in [3.05, 3.63) is 88.9 Å². The summed E-state index contributed by atoms with van der Waals surface area (Å²) in [5.74, 6) is 0.565. The Hall–Kier alpha value is -3.84. The molecular formula is C24H22ClN3O4. The van der Waals surface area contributed by atoms with Gasteiger partial charge in [-0.25, -0.2) is 5.43 Å². The SMILES string of the molecule is CC(=O)Nc1ccc(OCC(=O)N/N=C/c2ccccc2OCc2ccc(Cl)cc2)cc1. The standard InChI is InChI=1S/C24H22ClN3O4/c1-17(29)27-21-10-12-22(13-11-21)31-16-24(30)28-26-14-19-4-2-3-5-23(19)32-15-18-6-8-20(25)9-7-18/h2-14H,15-16H2,1H3,(H,27,29)(H,28,30)/b26-14+. The second kappa shape index (κ2) is 11.5. The number of hydrazone groups is 1. The van der Waals surface area contributed by atoms with Crippen LogP contribution < -0.4 is 20.2 Å². The van der Waals surface area contributed by atoms with Gasteiger partial charge >= 0.3 is 0 Å². The zero-order valence-electron chi connectivity index (χ0n) is 17.4. The van der Waals surface area contributed by atoms with Crippen molar-refractivity contribution < 1.29 is 19.1 Å². The van der Waals surface area contributed by atoms with Crippen molar-refractivity contribution in [3.8, 4) is 11.5 Å². The van der Waals surface area contributed by atoms with Gasteiger partial charge in [0.15, 0.2) is 6.61 Å². The number of carbonyl (C=O) groups is 2. The van der Waals surface area contributed by atoms with Crippen molar-refractivity contribution in [2.75, 3.05) is 11.9 Å². The van der Waals surface area contributed by atoms with Crippen LogP contribution in [0.4, 0.5) is 5.69 Å². The van der Waals surface area contributed by atoms with Gasteiger partial charge in [-0.3, -0.25) is 9.59 Å². The van der Waals surface area contributed by atoms with E-state index < -0.39 is 5.91 Å². The zero-order chi connectivity index (χ0) is 22.8. The molecule has 2 N–H and O–H groups in total. The van der Waals surface area contributed by atoms with Crippen molar-refractivity contribution in [3.63, 3.8) is 0 Å². The Morgan fingerprint density at radius 3 is 2.41 bits per heavy atom. The van der Waals surface area contributed by atoms with E-state index in [1.807, 2.05) is 48.5 Å². The van der Waals surface area contributed by atoms with E-state index in [1.54, 1.807) is 24.3 Å². The van der Waals surface area contributed by atoms with Crippen LogP contribution in [-0.4, -0.2) is 24.6 Å². The van der Waals surface area contributed by atoms with E-state index in [0.717, 1.165) is 11.1 Å². The minimum absolute atomic E-state index is 0.159. The van der Waals surface area contributed by atoms with Gasteiger partial charge in [-0.05, 0) is 54.1 Å². The van der Waals surface area contributed by atoms with Crippen LogP contribution in [0.3, 0.4) is 0 Å². The number of hydrogen-bond donors (Lipinski definition) is 2. The number of carbonyl (C=O) groups excluding carboxylic acids is 2. The van der Waals surface area contributed by atoms with Crippen molar-refractivity contribution in [1.82, 2.24) is 5.43 Å². The van der Waals surface area contributed by atoms with E-state index in [-0.39, 0.29) is 12.5 Å². The monoisotopic (exact) mass is 451 g/mol. The highest BCUT2D eigenvalue weighted by molar-refractivity contribution is 6.30. The molecule has 0 aliphatic carbocycles. The van der Waals surface area contributed by atoms with Crippen LogP contribution in [0, 0.1) is 0 Å². The summed E-state index contributed by atoms with van der Waals surface area (Å²) in [7, 11) is 0. The molecule has 164 valence electrons. The Kier molecular flexibility index (Phi) is 8.22. The quantitative estimate of drug-likeness (QED) is 0.372. The maximum Gasteiger partial charge on any atom is 0.277 e. The number of rotatable bonds is 9. The van der Waals surface area contributed by atoms with Crippen LogP contribution in [0.2, 0.25) is 5.02 Å². The molecule has 0 heterocycles. The lowest BCUT2D eigenvalue weighted by atomic mass is 10.2. The highest BCUT2D eigenvalue weighted by Gasteiger charge is 2.04. The fourth-order valence-corrected chi connectivity index (χ4v) is 2.78. The van der Waals surface area contributed by atoms with Crippen LogP contribution >= 0.6 is 11.6 Å². The predicted octanol–water partition coefficient (Wildman–Crippen LogP) is 4.41. The first-order valence-electron chi connectivity index (χ1n) is 9.78. The molecule has 0 aliphatic heterocycles. The van der Waals surface area contributed by atoms with E-state index in [9.17, 15) is 9.59 Å². The lowest BCUT2D eigenvalue weighted by Crippen LogP contribution is -2.24. The lowest BCUT2D eigenvalue weighted by Gasteiger charge is -2.09. The molecule has 3 aromatic rings. The van der Waals surface area contributed by atoms with Gasteiger partial charge in [-0.15, -0.1) is 0 Å². The first-order chi connectivity index (χ1) is 15.5. The number of amides is 2. The molecule has 3 aromatic carbocycles. The van der Waals surface area contributed by atoms with E-state index in [4.69, 9.17) is 21.1 Å². The molecule has 3 rings (SSSR count). The Labute approximate surface area is 191 Å². The van der Waals surface area contributed by atoms with Crippen molar-refractivity contribution >= 4 is 35.3 Å². The molecule has 0 saturated carbocycles. The third-order valence-corrected chi connectivity index (χ3v) is 4.42. The number of para-hydroxylation sites is 1. The Balaban J connectivity index is 1.48. The molecule has 7 nitrogen and oxygen atoms in total. The van der Waals surface area contributed by atoms with Crippen LogP contribution in [0.15, 0.2) is 77.9 Å². The van der Waals surface area contributed by atoms with E-state index >= 15 is 0 Å².